The number of hydrogen-bond acceptors (Lipinski definition) is 7. The van der Waals surface area contributed by atoms with Gasteiger partial charge in [0.15, 0.2) is 5.75 Å². The highest BCUT2D eigenvalue weighted by molar-refractivity contribution is 9.10. The molecule has 12 heteroatoms. The molecule has 2 aromatic rings. The van der Waals surface area contributed by atoms with E-state index in [0.29, 0.717) is 30.4 Å². The van der Waals surface area contributed by atoms with Crippen molar-refractivity contribution >= 4 is 33.5 Å². The molecule has 0 unspecified atom stereocenters. The van der Waals surface area contributed by atoms with Crippen LogP contribution in [0.1, 0.15) is 26.7 Å². The minimum atomic E-state index is -4.84. The normalized spacial score (nSPS) is 14.9. The molecule has 1 aromatic carbocycles. The van der Waals surface area contributed by atoms with Crippen LogP contribution in [-0.2, 0) is 4.74 Å². The van der Waals surface area contributed by atoms with Crippen molar-refractivity contribution in [3.05, 3.63) is 35.1 Å². The number of nitrogens with one attached hydrogen (secondary N) is 1. The third-order valence-corrected chi connectivity index (χ3v) is 4.89. The van der Waals surface area contributed by atoms with Gasteiger partial charge in [-0.05, 0) is 32.0 Å². The molecule has 32 heavy (non-hydrogen) atoms. The van der Waals surface area contributed by atoms with E-state index in [1.165, 1.54) is 24.5 Å². The minimum absolute atomic E-state index is 0.0761. The molecule has 0 saturated carbocycles. The molecule has 174 valence electrons. The Hall–Kier alpha value is -2.76. The Morgan fingerprint density at radius 2 is 1.94 bits per heavy atom. The molecule has 1 aliphatic rings. The van der Waals surface area contributed by atoms with Crippen molar-refractivity contribution in [2.75, 3.05) is 18.4 Å². The number of amides is 1. The van der Waals surface area contributed by atoms with Gasteiger partial charge in [-0.25, -0.2) is 14.8 Å². The lowest BCUT2D eigenvalue weighted by Crippen LogP contribution is -2.42. The summed E-state index contributed by atoms with van der Waals surface area (Å²) in [5.41, 5.74) is 0.0761. The first kappa shape index (κ1) is 23.9. The van der Waals surface area contributed by atoms with Crippen molar-refractivity contribution < 1.29 is 32.2 Å². The summed E-state index contributed by atoms with van der Waals surface area (Å²) in [6.45, 7) is 4.56. The summed E-state index contributed by atoms with van der Waals surface area (Å²) in [7, 11) is 0. The van der Waals surface area contributed by atoms with E-state index in [4.69, 9.17) is 9.47 Å². The number of carbonyl (C=O) groups excluding carboxylic acids is 1. The Bertz CT molecular complexity index is 937. The van der Waals surface area contributed by atoms with Crippen molar-refractivity contribution in [1.29, 1.82) is 0 Å². The molecular formula is C20H22BrF3N4O4. The smallest absolute Gasteiger partial charge is 0.474 e. The maximum atomic E-state index is 12.7. The predicted octanol–water partition coefficient (Wildman–Crippen LogP) is 5.27. The van der Waals surface area contributed by atoms with Gasteiger partial charge in [0.25, 0.3) is 0 Å². The van der Waals surface area contributed by atoms with E-state index >= 15 is 0 Å². The molecule has 0 radical (unpaired) electrons. The first-order chi connectivity index (χ1) is 15.1. The number of halogens is 4. The summed E-state index contributed by atoms with van der Waals surface area (Å²) in [6, 6.07) is 5.69. The number of anilines is 2. The fourth-order valence-corrected chi connectivity index (χ4v) is 3.36. The topological polar surface area (TPSA) is 85.8 Å². The lowest BCUT2D eigenvalue weighted by molar-refractivity contribution is -0.274. The molecule has 0 bridgehead atoms. The number of alkyl halides is 3. The first-order valence-corrected chi connectivity index (χ1v) is 10.6. The number of ether oxygens (including phenoxy) is 3. The third-order valence-electron chi connectivity index (χ3n) is 4.40. The molecule has 1 N–H and O–H groups in total. The quantitative estimate of drug-likeness (QED) is 0.557. The Morgan fingerprint density at radius 3 is 2.59 bits per heavy atom. The van der Waals surface area contributed by atoms with Crippen LogP contribution >= 0.6 is 15.9 Å². The van der Waals surface area contributed by atoms with Crippen LogP contribution in [-0.4, -0.2) is 52.6 Å². The van der Waals surface area contributed by atoms with E-state index in [1.54, 1.807) is 24.8 Å². The molecule has 1 amide bonds. The first-order valence-electron chi connectivity index (χ1n) is 9.85. The second kappa shape index (κ2) is 10.2. The second-order valence-corrected chi connectivity index (χ2v) is 8.21. The lowest BCUT2D eigenvalue weighted by Gasteiger charge is -2.31. The average Bonchev–Trinajstić information content (AvgIpc) is 2.69. The fourth-order valence-electron chi connectivity index (χ4n) is 3.02. The molecule has 8 nitrogen and oxygen atoms in total. The number of hydrogen-bond donors (Lipinski definition) is 1. The molecule has 0 aliphatic carbocycles. The minimum Gasteiger partial charge on any atom is -0.474 e. The number of rotatable bonds is 6. The highest BCUT2D eigenvalue weighted by Crippen LogP contribution is 2.34. The van der Waals surface area contributed by atoms with Crippen LogP contribution in [0.5, 0.6) is 11.6 Å². The SMILES string of the molecule is CC(C)OC(=O)N1CCC(Oc2cc(Nc3ccc(Br)cc3OC(F)(F)F)ncn2)CC1. The van der Waals surface area contributed by atoms with Crippen LogP contribution in [0.3, 0.4) is 0 Å². The molecule has 1 aromatic heterocycles. The van der Waals surface area contributed by atoms with Gasteiger partial charge in [-0.15, -0.1) is 13.2 Å². The summed E-state index contributed by atoms with van der Waals surface area (Å²) in [5, 5.41) is 2.79. The number of piperidine rings is 1. The van der Waals surface area contributed by atoms with Gasteiger partial charge < -0.3 is 24.4 Å². The van der Waals surface area contributed by atoms with Gasteiger partial charge in [0.2, 0.25) is 5.88 Å². The van der Waals surface area contributed by atoms with Gasteiger partial charge in [-0.3, -0.25) is 0 Å². The zero-order valence-corrected chi connectivity index (χ0v) is 18.9. The molecule has 1 fully saturated rings. The molecule has 2 heterocycles. The van der Waals surface area contributed by atoms with Gasteiger partial charge in [-0.1, -0.05) is 15.9 Å². The van der Waals surface area contributed by atoms with Gasteiger partial charge in [0, 0.05) is 36.5 Å². The zero-order chi connectivity index (χ0) is 23.3. The lowest BCUT2D eigenvalue weighted by atomic mass is 10.1. The summed E-state index contributed by atoms with van der Waals surface area (Å²) < 4.78 is 53.7. The summed E-state index contributed by atoms with van der Waals surface area (Å²) in [6.07, 6.45) is -3.11. The van der Waals surface area contributed by atoms with E-state index in [2.05, 4.69) is 36.0 Å². The van der Waals surface area contributed by atoms with Crippen molar-refractivity contribution in [1.82, 2.24) is 14.9 Å². The Kier molecular flexibility index (Phi) is 7.64. The van der Waals surface area contributed by atoms with Crippen molar-refractivity contribution in [3.8, 4) is 11.6 Å². The maximum Gasteiger partial charge on any atom is 0.573 e. The Labute approximate surface area is 191 Å². The van der Waals surface area contributed by atoms with E-state index in [0.717, 1.165) is 0 Å². The van der Waals surface area contributed by atoms with Crippen molar-refractivity contribution in [2.45, 2.75) is 45.3 Å². The van der Waals surface area contributed by atoms with Gasteiger partial charge in [0.05, 0.1) is 11.8 Å². The predicted molar refractivity (Wildman–Crippen MR) is 113 cm³/mol. The molecule has 1 aliphatic heterocycles. The number of benzene rings is 1. The zero-order valence-electron chi connectivity index (χ0n) is 17.4. The number of likely N-dealkylation sites (tertiary alicyclic amines) is 1. The van der Waals surface area contributed by atoms with E-state index in [-0.39, 0.29) is 35.7 Å². The largest absolute Gasteiger partial charge is 0.573 e. The van der Waals surface area contributed by atoms with Crippen LogP contribution in [0.15, 0.2) is 35.1 Å². The number of nitrogens with zero attached hydrogens (tertiary/aromatic N) is 3. The van der Waals surface area contributed by atoms with Gasteiger partial charge in [0.1, 0.15) is 18.2 Å². The fraction of sp³-hybridized carbons (Fsp3) is 0.450. The van der Waals surface area contributed by atoms with Gasteiger partial charge in [-0.2, -0.15) is 0 Å². The highest BCUT2D eigenvalue weighted by Gasteiger charge is 2.32. The monoisotopic (exact) mass is 518 g/mol. The molecule has 1 saturated heterocycles. The molecular weight excluding hydrogens is 497 g/mol. The van der Waals surface area contributed by atoms with Gasteiger partial charge >= 0.3 is 12.5 Å². The molecule has 0 atom stereocenters. The van der Waals surface area contributed by atoms with E-state index in [9.17, 15) is 18.0 Å². The summed E-state index contributed by atoms with van der Waals surface area (Å²) in [5.74, 6) is 0.0945. The molecule has 3 rings (SSSR count). The Morgan fingerprint density at radius 1 is 1.22 bits per heavy atom. The van der Waals surface area contributed by atoms with E-state index in [1.807, 2.05) is 0 Å². The van der Waals surface area contributed by atoms with Crippen LogP contribution in [0, 0.1) is 0 Å². The van der Waals surface area contributed by atoms with Crippen LogP contribution in [0.25, 0.3) is 0 Å². The number of carbonyl (C=O) groups is 1. The number of aromatic nitrogens is 2. The summed E-state index contributed by atoms with van der Waals surface area (Å²) >= 11 is 3.13. The second-order valence-electron chi connectivity index (χ2n) is 7.29. The van der Waals surface area contributed by atoms with E-state index < -0.39 is 12.1 Å². The summed E-state index contributed by atoms with van der Waals surface area (Å²) in [4.78, 5) is 21.7. The standard InChI is InChI=1S/C20H22BrF3N4O4/c1-12(2)30-19(29)28-7-5-14(6-8-28)31-18-10-17(25-11-26-18)27-15-4-3-13(21)9-16(15)32-20(22,23)24/h3-4,9-12,14H,5-8H2,1-2H3,(H,25,26,27). The highest BCUT2D eigenvalue weighted by atomic mass is 79.9. The van der Waals surface area contributed by atoms with Crippen molar-refractivity contribution in [3.63, 3.8) is 0 Å². The van der Waals surface area contributed by atoms with Crippen LogP contribution < -0.4 is 14.8 Å². The van der Waals surface area contributed by atoms with Crippen LogP contribution in [0.4, 0.5) is 29.5 Å². The van der Waals surface area contributed by atoms with Crippen molar-refractivity contribution in [2.24, 2.45) is 0 Å². The Balaban J connectivity index is 1.62. The maximum absolute atomic E-state index is 12.7. The molecule has 0 spiro atoms. The third kappa shape index (κ3) is 7.14. The average molecular weight is 519 g/mol. The van der Waals surface area contributed by atoms with Crippen LogP contribution in [0.2, 0.25) is 0 Å².